The Morgan fingerprint density at radius 1 is 1.31 bits per heavy atom. The molecular weight excluding hydrogens is 198 g/mol. The molecule has 0 bridgehead atoms. The average molecular weight is 217 g/mol. The highest BCUT2D eigenvalue weighted by atomic mass is 15.2. The Morgan fingerprint density at radius 3 is 2.75 bits per heavy atom. The number of hydrogen-bond donors (Lipinski definition) is 1. The molecule has 0 aliphatic heterocycles. The Bertz CT molecular complexity index is 471. The molecule has 2 rings (SSSR count). The molecule has 0 amide bonds. The first kappa shape index (κ1) is 11.0. The molecule has 0 unspecified atom stereocenters. The van der Waals surface area contributed by atoms with E-state index in [1.807, 2.05) is 25.2 Å². The Labute approximate surface area is 96.5 Å². The molecule has 1 aromatic carbocycles. The summed E-state index contributed by atoms with van der Waals surface area (Å²) in [5.74, 6) is 1.68. The number of nitrogens with one attached hydrogen (secondary N) is 1. The van der Waals surface area contributed by atoms with Crippen LogP contribution in [0.5, 0.6) is 0 Å². The van der Waals surface area contributed by atoms with Crippen molar-refractivity contribution in [3.05, 3.63) is 24.3 Å². The first-order valence-electron chi connectivity index (χ1n) is 5.84. The first-order valence-corrected chi connectivity index (χ1v) is 5.84. The van der Waals surface area contributed by atoms with E-state index in [4.69, 9.17) is 0 Å². The number of nitrogens with zero attached hydrogens (tertiary/aromatic N) is 2. The first-order chi connectivity index (χ1) is 7.68. The minimum absolute atomic E-state index is 0.724. The number of para-hydroxylation sites is 2. The Hall–Kier alpha value is -1.51. The van der Waals surface area contributed by atoms with Gasteiger partial charge in [0.1, 0.15) is 0 Å². The summed E-state index contributed by atoms with van der Waals surface area (Å²) >= 11 is 0. The van der Waals surface area contributed by atoms with Crippen LogP contribution in [-0.2, 0) is 7.05 Å². The highest BCUT2D eigenvalue weighted by Crippen LogP contribution is 2.17. The van der Waals surface area contributed by atoms with Crippen LogP contribution in [0.4, 0.5) is 5.95 Å². The highest BCUT2D eigenvalue weighted by molar-refractivity contribution is 5.78. The number of anilines is 1. The summed E-state index contributed by atoms with van der Waals surface area (Å²) in [6, 6.07) is 8.20. The second kappa shape index (κ2) is 4.56. The molecule has 86 valence electrons. The van der Waals surface area contributed by atoms with E-state index in [9.17, 15) is 0 Å². The van der Waals surface area contributed by atoms with Crippen LogP contribution in [0, 0.1) is 5.92 Å². The fourth-order valence-electron chi connectivity index (χ4n) is 1.78. The van der Waals surface area contributed by atoms with Gasteiger partial charge in [-0.3, -0.25) is 0 Å². The van der Waals surface area contributed by atoms with Gasteiger partial charge in [-0.25, -0.2) is 4.98 Å². The molecule has 0 fully saturated rings. The number of benzene rings is 1. The van der Waals surface area contributed by atoms with Crippen LogP contribution in [-0.4, -0.2) is 16.1 Å². The van der Waals surface area contributed by atoms with Crippen molar-refractivity contribution >= 4 is 17.0 Å². The van der Waals surface area contributed by atoms with Gasteiger partial charge in [-0.05, 0) is 24.5 Å². The van der Waals surface area contributed by atoms with E-state index < -0.39 is 0 Å². The lowest BCUT2D eigenvalue weighted by atomic mass is 10.1. The predicted octanol–water partition coefficient (Wildman–Crippen LogP) is 3.03. The summed E-state index contributed by atoms with van der Waals surface area (Å²) in [6.07, 6.45) is 1.17. The monoisotopic (exact) mass is 217 g/mol. The Morgan fingerprint density at radius 2 is 2.06 bits per heavy atom. The molecule has 0 radical (unpaired) electrons. The third-order valence-electron chi connectivity index (χ3n) is 2.79. The summed E-state index contributed by atoms with van der Waals surface area (Å²) < 4.78 is 2.11. The smallest absolute Gasteiger partial charge is 0.203 e. The maximum atomic E-state index is 4.56. The molecule has 0 saturated carbocycles. The molecule has 1 N–H and O–H groups in total. The van der Waals surface area contributed by atoms with Crippen molar-refractivity contribution < 1.29 is 0 Å². The molecule has 2 aromatic rings. The van der Waals surface area contributed by atoms with E-state index in [-0.39, 0.29) is 0 Å². The highest BCUT2D eigenvalue weighted by Gasteiger charge is 2.05. The zero-order valence-corrected chi connectivity index (χ0v) is 10.2. The number of aryl methyl sites for hydroxylation is 1. The van der Waals surface area contributed by atoms with Gasteiger partial charge < -0.3 is 9.88 Å². The molecule has 0 spiro atoms. The lowest BCUT2D eigenvalue weighted by molar-refractivity contribution is 0.605. The lowest BCUT2D eigenvalue weighted by Gasteiger charge is -2.07. The molecule has 0 aliphatic carbocycles. The van der Waals surface area contributed by atoms with Crippen molar-refractivity contribution in [1.29, 1.82) is 0 Å². The summed E-state index contributed by atoms with van der Waals surface area (Å²) in [5.41, 5.74) is 2.23. The summed E-state index contributed by atoms with van der Waals surface area (Å²) in [6.45, 7) is 5.45. The third kappa shape index (κ3) is 2.18. The van der Waals surface area contributed by atoms with Crippen LogP contribution in [0.1, 0.15) is 20.3 Å². The van der Waals surface area contributed by atoms with Crippen LogP contribution < -0.4 is 5.32 Å². The van der Waals surface area contributed by atoms with Gasteiger partial charge in [0.2, 0.25) is 5.95 Å². The van der Waals surface area contributed by atoms with Gasteiger partial charge in [0.15, 0.2) is 0 Å². The number of hydrogen-bond acceptors (Lipinski definition) is 2. The molecular formula is C13H19N3. The zero-order valence-electron chi connectivity index (χ0n) is 10.2. The van der Waals surface area contributed by atoms with Crippen molar-refractivity contribution in [2.24, 2.45) is 13.0 Å². The summed E-state index contributed by atoms with van der Waals surface area (Å²) in [5, 5.41) is 3.39. The molecule has 3 heteroatoms. The Kier molecular flexibility index (Phi) is 3.13. The van der Waals surface area contributed by atoms with E-state index >= 15 is 0 Å². The van der Waals surface area contributed by atoms with Crippen LogP contribution >= 0.6 is 0 Å². The van der Waals surface area contributed by atoms with Crippen LogP contribution in [0.25, 0.3) is 11.0 Å². The van der Waals surface area contributed by atoms with Crippen molar-refractivity contribution in [1.82, 2.24) is 9.55 Å². The van der Waals surface area contributed by atoms with E-state index in [1.165, 1.54) is 11.9 Å². The number of aromatic nitrogens is 2. The quantitative estimate of drug-likeness (QED) is 0.853. The van der Waals surface area contributed by atoms with Crippen molar-refractivity contribution in [3.8, 4) is 0 Å². The van der Waals surface area contributed by atoms with Crippen molar-refractivity contribution in [2.75, 3.05) is 11.9 Å². The fourth-order valence-corrected chi connectivity index (χ4v) is 1.78. The second-order valence-electron chi connectivity index (χ2n) is 4.59. The van der Waals surface area contributed by atoms with E-state index in [0.717, 1.165) is 23.9 Å². The van der Waals surface area contributed by atoms with Gasteiger partial charge in [-0.15, -0.1) is 0 Å². The summed E-state index contributed by atoms with van der Waals surface area (Å²) in [7, 11) is 2.05. The molecule has 16 heavy (non-hydrogen) atoms. The predicted molar refractivity (Wildman–Crippen MR) is 68.7 cm³/mol. The summed E-state index contributed by atoms with van der Waals surface area (Å²) in [4.78, 5) is 4.56. The molecule has 0 saturated heterocycles. The minimum atomic E-state index is 0.724. The van der Waals surface area contributed by atoms with Crippen molar-refractivity contribution in [3.63, 3.8) is 0 Å². The number of imidazole rings is 1. The van der Waals surface area contributed by atoms with Gasteiger partial charge >= 0.3 is 0 Å². The van der Waals surface area contributed by atoms with Crippen LogP contribution in [0.3, 0.4) is 0 Å². The third-order valence-corrected chi connectivity index (χ3v) is 2.79. The Balaban J connectivity index is 2.15. The largest absolute Gasteiger partial charge is 0.356 e. The molecule has 0 atom stereocenters. The molecule has 3 nitrogen and oxygen atoms in total. The minimum Gasteiger partial charge on any atom is -0.356 e. The average Bonchev–Trinajstić information content (AvgIpc) is 2.56. The van der Waals surface area contributed by atoms with Gasteiger partial charge in [0.25, 0.3) is 0 Å². The topological polar surface area (TPSA) is 29.9 Å². The van der Waals surface area contributed by atoms with Gasteiger partial charge in [0, 0.05) is 13.6 Å². The van der Waals surface area contributed by atoms with Gasteiger partial charge in [-0.2, -0.15) is 0 Å². The standard InChI is InChI=1S/C13H19N3/c1-10(2)8-9-14-13-15-11-6-4-5-7-12(11)16(13)3/h4-7,10H,8-9H2,1-3H3,(H,14,15). The zero-order chi connectivity index (χ0) is 11.5. The molecule has 0 aliphatic rings. The maximum absolute atomic E-state index is 4.56. The molecule has 1 heterocycles. The van der Waals surface area contributed by atoms with Crippen LogP contribution in [0.2, 0.25) is 0 Å². The van der Waals surface area contributed by atoms with E-state index in [0.29, 0.717) is 0 Å². The maximum Gasteiger partial charge on any atom is 0.203 e. The SMILES string of the molecule is CC(C)CCNc1nc2ccccc2n1C. The normalized spacial score (nSPS) is 11.2. The molecule has 1 aromatic heterocycles. The number of rotatable bonds is 4. The second-order valence-corrected chi connectivity index (χ2v) is 4.59. The van der Waals surface area contributed by atoms with Crippen molar-refractivity contribution in [2.45, 2.75) is 20.3 Å². The fraction of sp³-hybridized carbons (Fsp3) is 0.462. The van der Waals surface area contributed by atoms with Gasteiger partial charge in [0.05, 0.1) is 11.0 Å². The van der Waals surface area contributed by atoms with Crippen LogP contribution in [0.15, 0.2) is 24.3 Å². The van der Waals surface area contributed by atoms with E-state index in [2.05, 4.69) is 34.8 Å². The van der Waals surface area contributed by atoms with Gasteiger partial charge in [-0.1, -0.05) is 26.0 Å². The lowest BCUT2D eigenvalue weighted by Crippen LogP contribution is -2.08. The van der Waals surface area contributed by atoms with E-state index in [1.54, 1.807) is 0 Å². The number of fused-ring (bicyclic) bond motifs is 1.